The highest BCUT2D eigenvalue weighted by atomic mass is 16.5. The van der Waals surface area contributed by atoms with E-state index in [2.05, 4.69) is 5.92 Å². The maximum absolute atomic E-state index is 9.97. The fourth-order valence-corrected chi connectivity index (χ4v) is 0.284. The molecule has 0 amide bonds. The van der Waals surface area contributed by atoms with Crippen LogP contribution in [0.25, 0.3) is 0 Å². The molecule has 0 aliphatic rings. The van der Waals surface area contributed by atoms with Gasteiger partial charge in [-0.15, -0.1) is 6.42 Å². The Hall–Kier alpha value is -1.01. The van der Waals surface area contributed by atoms with Gasteiger partial charge in [-0.25, -0.2) is 4.79 Å². The Balaban J connectivity index is 3.71. The normalized spacial score (nSPS) is 10.5. The van der Waals surface area contributed by atoms with E-state index in [1.807, 2.05) is 0 Å². The van der Waals surface area contributed by atoms with Gasteiger partial charge in [0.05, 0.1) is 0 Å². The maximum atomic E-state index is 9.97. The Bertz CT molecular complexity index is 164. The van der Waals surface area contributed by atoms with E-state index in [4.69, 9.17) is 16.3 Å². The van der Waals surface area contributed by atoms with Gasteiger partial charge >= 0.3 is 5.97 Å². The molecule has 0 aliphatic carbocycles. The molecular formula is C7H10O3. The summed E-state index contributed by atoms with van der Waals surface area (Å²) in [4.78, 5) is 9.97. The van der Waals surface area contributed by atoms with Crippen LogP contribution >= 0.6 is 0 Å². The first-order valence-corrected chi connectivity index (χ1v) is 2.81. The van der Waals surface area contributed by atoms with Crippen molar-refractivity contribution in [2.45, 2.75) is 19.4 Å². The number of carbonyl (C=O) groups is 1. The predicted octanol–water partition coefficient (Wildman–Crippen LogP) is 0.499. The number of hydrogen-bond acceptors (Lipinski definition) is 2. The molecule has 10 heavy (non-hydrogen) atoms. The van der Waals surface area contributed by atoms with Gasteiger partial charge in [-0.05, 0) is 13.8 Å². The monoisotopic (exact) mass is 142 g/mol. The molecule has 0 unspecified atom stereocenters. The zero-order chi connectivity index (χ0) is 8.20. The smallest absolute Gasteiger partial charge is 0.329 e. The lowest BCUT2D eigenvalue weighted by Gasteiger charge is -2.16. The molecular weight excluding hydrogens is 132 g/mol. The van der Waals surface area contributed by atoms with Crippen LogP contribution in [0.3, 0.4) is 0 Å². The Morgan fingerprint density at radius 2 is 2.30 bits per heavy atom. The van der Waals surface area contributed by atoms with E-state index >= 15 is 0 Å². The average molecular weight is 142 g/mol. The van der Waals surface area contributed by atoms with Crippen LogP contribution in [0.2, 0.25) is 0 Å². The standard InChI is InChI=1S/C7H10O3/c1-4-7(2,3)10-5-6(8)9/h1H,5H2,2-3H3,(H,8,9). The van der Waals surface area contributed by atoms with Crippen molar-refractivity contribution in [1.82, 2.24) is 0 Å². The third-order valence-corrected chi connectivity index (χ3v) is 0.904. The van der Waals surface area contributed by atoms with Gasteiger partial charge in [0, 0.05) is 0 Å². The van der Waals surface area contributed by atoms with Crippen molar-refractivity contribution < 1.29 is 14.6 Å². The topological polar surface area (TPSA) is 46.5 Å². The maximum Gasteiger partial charge on any atom is 0.329 e. The van der Waals surface area contributed by atoms with E-state index in [1.165, 1.54) is 0 Å². The van der Waals surface area contributed by atoms with Gasteiger partial charge in [0.1, 0.15) is 12.2 Å². The van der Waals surface area contributed by atoms with Crippen molar-refractivity contribution in [3.63, 3.8) is 0 Å². The van der Waals surface area contributed by atoms with E-state index in [9.17, 15) is 4.79 Å². The van der Waals surface area contributed by atoms with Gasteiger partial charge in [-0.3, -0.25) is 0 Å². The molecule has 0 radical (unpaired) electrons. The molecule has 0 aliphatic heterocycles. The molecule has 0 saturated heterocycles. The van der Waals surface area contributed by atoms with Crippen molar-refractivity contribution in [1.29, 1.82) is 0 Å². The average Bonchev–Trinajstić information content (AvgIpc) is 1.85. The molecule has 3 nitrogen and oxygen atoms in total. The number of terminal acetylenes is 1. The third kappa shape index (κ3) is 3.93. The number of aliphatic carboxylic acids is 1. The third-order valence-electron chi connectivity index (χ3n) is 0.904. The molecule has 0 saturated carbocycles. The molecule has 0 aromatic heterocycles. The Labute approximate surface area is 60.0 Å². The summed E-state index contributed by atoms with van der Waals surface area (Å²) in [6.07, 6.45) is 5.02. The van der Waals surface area contributed by atoms with Gasteiger partial charge in [0.25, 0.3) is 0 Å². The summed E-state index contributed by atoms with van der Waals surface area (Å²) in [5.74, 6) is 1.30. The Morgan fingerprint density at radius 1 is 1.80 bits per heavy atom. The zero-order valence-electron chi connectivity index (χ0n) is 6.05. The van der Waals surface area contributed by atoms with E-state index < -0.39 is 11.6 Å². The van der Waals surface area contributed by atoms with Crippen LogP contribution in [0.4, 0.5) is 0 Å². The predicted molar refractivity (Wildman–Crippen MR) is 36.5 cm³/mol. The fraction of sp³-hybridized carbons (Fsp3) is 0.571. The molecule has 0 fully saturated rings. The van der Waals surface area contributed by atoms with Gasteiger partial charge in [-0.1, -0.05) is 5.92 Å². The van der Waals surface area contributed by atoms with E-state index in [1.54, 1.807) is 13.8 Å². The summed E-state index contributed by atoms with van der Waals surface area (Å²) in [6.45, 7) is 2.92. The fourth-order valence-electron chi connectivity index (χ4n) is 0.284. The summed E-state index contributed by atoms with van der Waals surface area (Å²) < 4.78 is 4.80. The Morgan fingerprint density at radius 3 is 2.60 bits per heavy atom. The first kappa shape index (κ1) is 8.99. The first-order valence-electron chi connectivity index (χ1n) is 2.81. The summed E-state index contributed by atoms with van der Waals surface area (Å²) >= 11 is 0. The second kappa shape index (κ2) is 3.23. The van der Waals surface area contributed by atoms with E-state index in [0.717, 1.165) is 0 Å². The number of ether oxygens (including phenoxy) is 1. The largest absolute Gasteiger partial charge is 0.480 e. The highest BCUT2D eigenvalue weighted by molar-refractivity contribution is 5.68. The van der Waals surface area contributed by atoms with Crippen LogP contribution in [0, 0.1) is 12.3 Å². The SMILES string of the molecule is C#CC(C)(C)OCC(=O)O. The molecule has 0 atom stereocenters. The van der Waals surface area contributed by atoms with Crippen LogP contribution < -0.4 is 0 Å². The highest BCUT2D eigenvalue weighted by Crippen LogP contribution is 2.05. The molecule has 3 heteroatoms. The van der Waals surface area contributed by atoms with Crippen LogP contribution in [-0.2, 0) is 9.53 Å². The zero-order valence-corrected chi connectivity index (χ0v) is 6.05. The van der Waals surface area contributed by atoms with Crippen LogP contribution in [0.1, 0.15) is 13.8 Å². The van der Waals surface area contributed by atoms with Gasteiger partial charge in [0.15, 0.2) is 0 Å². The van der Waals surface area contributed by atoms with Crippen molar-refractivity contribution in [3.8, 4) is 12.3 Å². The molecule has 0 aromatic carbocycles. The molecule has 56 valence electrons. The van der Waals surface area contributed by atoms with Crippen LogP contribution in [-0.4, -0.2) is 23.3 Å². The lowest BCUT2D eigenvalue weighted by atomic mass is 10.1. The molecule has 0 rings (SSSR count). The van der Waals surface area contributed by atoms with Gasteiger partial charge in [0.2, 0.25) is 0 Å². The van der Waals surface area contributed by atoms with Crippen molar-refractivity contribution >= 4 is 5.97 Å². The van der Waals surface area contributed by atoms with Crippen molar-refractivity contribution in [2.75, 3.05) is 6.61 Å². The number of hydrogen-bond donors (Lipinski definition) is 1. The molecule has 0 aromatic rings. The first-order chi connectivity index (χ1) is 4.48. The Kier molecular flexibility index (Phi) is 2.91. The van der Waals surface area contributed by atoms with Crippen LogP contribution in [0.15, 0.2) is 0 Å². The minimum absolute atomic E-state index is 0.350. The van der Waals surface area contributed by atoms with E-state index in [-0.39, 0.29) is 6.61 Å². The summed E-state index contributed by atoms with van der Waals surface area (Å²) in [5, 5.41) is 8.18. The summed E-state index contributed by atoms with van der Waals surface area (Å²) in [5.41, 5.74) is -0.779. The van der Waals surface area contributed by atoms with Gasteiger partial charge in [-0.2, -0.15) is 0 Å². The lowest BCUT2D eigenvalue weighted by Crippen LogP contribution is -2.25. The number of rotatable bonds is 3. The summed E-state index contributed by atoms with van der Waals surface area (Å²) in [6, 6.07) is 0. The molecule has 0 spiro atoms. The van der Waals surface area contributed by atoms with Crippen LogP contribution in [0.5, 0.6) is 0 Å². The lowest BCUT2D eigenvalue weighted by molar-refractivity contribution is -0.145. The van der Waals surface area contributed by atoms with E-state index in [0.29, 0.717) is 0 Å². The van der Waals surface area contributed by atoms with Crippen molar-refractivity contribution in [3.05, 3.63) is 0 Å². The van der Waals surface area contributed by atoms with Crippen molar-refractivity contribution in [2.24, 2.45) is 0 Å². The molecule has 0 bridgehead atoms. The molecule has 0 heterocycles. The second-order valence-corrected chi connectivity index (χ2v) is 2.34. The molecule has 1 N–H and O–H groups in total. The number of carboxylic acids is 1. The minimum atomic E-state index is -1.01. The van der Waals surface area contributed by atoms with Gasteiger partial charge < -0.3 is 9.84 Å². The number of carboxylic acid groups (broad SMARTS) is 1. The summed E-state index contributed by atoms with van der Waals surface area (Å²) in [7, 11) is 0. The highest BCUT2D eigenvalue weighted by Gasteiger charge is 2.14. The minimum Gasteiger partial charge on any atom is -0.480 e. The second-order valence-electron chi connectivity index (χ2n) is 2.34. The quantitative estimate of drug-likeness (QED) is 0.583.